The van der Waals surface area contributed by atoms with Crippen molar-refractivity contribution >= 4 is 23.8 Å². The van der Waals surface area contributed by atoms with E-state index in [4.69, 9.17) is 14.2 Å². The second kappa shape index (κ2) is 12.6. The number of allylic oxidation sites excluding steroid dienone is 7. The minimum atomic E-state index is -0.608. The van der Waals surface area contributed by atoms with Crippen LogP contribution in [0.3, 0.4) is 0 Å². The van der Waals surface area contributed by atoms with Crippen LogP contribution in [0.5, 0.6) is 11.5 Å². The summed E-state index contributed by atoms with van der Waals surface area (Å²) in [5, 5.41) is 10.4. The Bertz CT molecular complexity index is 1780. The molecule has 8 heteroatoms. The van der Waals surface area contributed by atoms with E-state index in [-0.39, 0.29) is 52.4 Å². The van der Waals surface area contributed by atoms with Gasteiger partial charge in [-0.1, -0.05) is 51.5 Å². The van der Waals surface area contributed by atoms with Gasteiger partial charge in [0.05, 0.1) is 19.6 Å². The van der Waals surface area contributed by atoms with Gasteiger partial charge in [0.15, 0.2) is 17.3 Å². The molecule has 0 aromatic heterocycles. The van der Waals surface area contributed by atoms with Crippen molar-refractivity contribution < 1.29 is 38.4 Å². The number of ketones is 1. The molecule has 5 aliphatic rings. The molecule has 0 amide bonds. The first-order valence-corrected chi connectivity index (χ1v) is 17.9. The van der Waals surface area contributed by atoms with Crippen LogP contribution in [0, 0.1) is 33.0 Å². The van der Waals surface area contributed by atoms with E-state index >= 15 is 0 Å². The van der Waals surface area contributed by atoms with Crippen molar-refractivity contribution in [2.75, 3.05) is 27.4 Å². The zero-order chi connectivity index (χ0) is 36.3. The lowest BCUT2D eigenvalue weighted by Crippen LogP contribution is -2.62. The number of ether oxygens (including phenoxy) is 4. The Balaban J connectivity index is 1.17. The van der Waals surface area contributed by atoms with E-state index in [9.17, 15) is 19.5 Å². The fourth-order valence-electron chi connectivity index (χ4n) is 10.2. The maximum Gasteiger partial charge on any atom is 0.330 e. The Morgan fingerprint density at radius 2 is 1.68 bits per heavy atom. The van der Waals surface area contributed by atoms with E-state index in [1.54, 1.807) is 31.4 Å². The summed E-state index contributed by atoms with van der Waals surface area (Å²) in [5.74, 6) is 0.270. The fourth-order valence-corrected chi connectivity index (χ4v) is 10.2. The molecule has 50 heavy (non-hydrogen) atoms. The number of aliphatic hydroxyl groups excluding tert-OH is 1. The molecule has 1 aromatic carbocycles. The number of benzene rings is 1. The molecule has 0 heterocycles. The second-order valence-electron chi connectivity index (χ2n) is 16.4. The molecule has 8 nitrogen and oxygen atoms in total. The highest BCUT2D eigenvalue weighted by Crippen LogP contribution is 2.75. The average Bonchev–Trinajstić information content (AvgIpc) is 3.10. The van der Waals surface area contributed by atoms with Crippen molar-refractivity contribution in [3.8, 4) is 11.5 Å². The Morgan fingerprint density at radius 3 is 2.40 bits per heavy atom. The van der Waals surface area contributed by atoms with Crippen molar-refractivity contribution in [1.82, 2.24) is 0 Å². The Kier molecular flexibility index (Phi) is 9.01. The molecular weight excluding hydrogens is 632 g/mol. The number of hydrogen-bond acceptors (Lipinski definition) is 8. The Morgan fingerprint density at radius 1 is 0.940 bits per heavy atom. The summed E-state index contributed by atoms with van der Waals surface area (Å²) in [4.78, 5) is 38.1. The van der Waals surface area contributed by atoms with E-state index in [0.29, 0.717) is 23.0 Å². The second-order valence-corrected chi connectivity index (χ2v) is 16.4. The first-order chi connectivity index (χ1) is 23.5. The van der Waals surface area contributed by atoms with Crippen LogP contribution in [-0.4, -0.2) is 50.3 Å². The van der Waals surface area contributed by atoms with E-state index in [0.717, 1.165) is 61.7 Å². The van der Waals surface area contributed by atoms with Gasteiger partial charge in [-0.15, -0.1) is 0 Å². The van der Waals surface area contributed by atoms with Crippen molar-refractivity contribution in [2.24, 2.45) is 33.0 Å². The van der Waals surface area contributed by atoms with E-state index in [1.165, 1.54) is 18.8 Å². The first-order valence-electron chi connectivity index (χ1n) is 17.9. The van der Waals surface area contributed by atoms with Gasteiger partial charge >= 0.3 is 11.9 Å². The lowest BCUT2D eigenvalue weighted by atomic mass is 9.34. The fraction of sp³-hybridized carbons (Fsp3) is 0.548. The van der Waals surface area contributed by atoms with Crippen LogP contribution in [0.1, 0.15) is 92.1 Å². The molecule has 1 aromatic rings. The molecule has 0 unspecified atom stereocenters. The van der Waals surface area contributed by atoms with Crippen LogP contribution < -0.4 is 9.47 Å². The van der Waals surface area contributed by atoms with Crippen LogP contribution in [0.2, 0.25) is 0 Å². The zero-order valence-electron chi connectivity index (χ0n) is 30.9. The lowest BCUT2D eigenvalue weighted by molar-refractivity contribution is -0.182. The predicted octanol–water partition coefficient (Wildman–Crippen LogP) is 8.43. The highest BCUT2D eigenvalue weighted by atomic mass is 16.6. The normalized spacial score (nSPS) is 34.7. The van der Waals surface area contributed by atoms with Crippen LogP contribution in [0.4, 0.5) is 0 Å². The summed E-state index contributed by atoms with van der Waals surface area (Å²) in [6, 6.07) is 5.34. The maximum atomic E-state index is 13.9. The average molecular weight is 685 g/mol. The molecule has 268 valence electrons. The molecule has 1 N–H and O–H groups in total. The van der Waals surface area contributed by atoms with Gasteiger partial charge in [-0.2, -0.15) is 0 Å². The van der Waals surface area contributed by atoms with E-state index in [1.807, 2.05) is 13.0 Å². The van der Waals surface area contributed by atoms with Gasteiger partial charge in [-0.05, 0) is 122 Å². The number of carbonyl (C=O) groups excluding carboxylic acids is 3. The third-order valence-corrected chi connectivity index (χ3v) is 13.7. The minimum absolute atomic E-state index is 0.0528. The summed E-state index contributed by atoms with van der Waals surface area (Å²) >= 11 is 0. The minimum Gasteiger partial charge on any atom is -0.504 e. The van der Waals surface area contributed by atoms with E-state index < -0.39 is 11.4 Å². The van der Waals surface area contributed by atoms with Crippen molar-refractivity contribution in [2.45, 2.75) is 86.5 Å². The van der Waals surface area contributed by atoms with Crippen molar-refractivity contribution in [3.63, 3.8) is 0 Å². The topological polar surface area (TPSA) is 108 Å². The monoisotopic (exact) mass is 684 g/mol. The number of rotatable bonds is 8. The van der Waals surface area contributed by atoms with Crippen LogP contribution >= 0.6 is 0 Å². The summed E-state index contributed by atoms with van der Waals surface area (Å²) < 4.78 is 22.0. The standard InChI is InChI=1S/C42H52O8/c1-26-28-11-13-33-40(4,29(28)24-30(43)36(26)45)18-20-42(6)34-25-39(3,16-15-38(34,2)17-19-41(33,42)5)37(46)50-22-21-49-31-12-9-27(23-32(31)47-7)10-14-35(44)48-8/h9-14,23-24,34,45H,15-22,25H2,1-8H3/b14-10+/t34-,38-,39-,40+,41-,42+/m1/s1. The highest BCUT2D eigenvalue weighted by Gasteiger charge is 2.67. The Hall–Kier alpha value is -4.07. The smallest absolute Gasteiger partial charge is 0.330 e. The third-order valence-electron chi connectivity index (χ3n) is 13.7. The van der Waals surface area contributed by atoms with Gasteiger partial charge in [0.25, 0.3) is 0 Å². The molecule has 0 spiro atoms. The SMILES string of the molecule is COC(=O)/C=C/c1ccc(OCCOC(=O)[C@]2(C)CC[C@]3(C)CC[C@]4(C)C5=CC=C6C(=CC(=O)C(O)=C6C)[C@]5(C)CC[C@@]4(C)[C@@H]3C2)c(OC)c1. The molecule has 6 atom stereocenters. The molecular formula is C42H52O8. The number of hydrogen-bond donors (Lipinski definition) is 1. The van der Waals surface area contributed by atoms with Gasteiger partial charge in [-0.25, -0.2) is 4.79 Å². The van der Waals surface area contributed by atoms with Gasteiger partial charge in [-0.3, -0.25) is 9.59 Å². The van der Waals surface area contributed by atoms with E-state index in [2.05, 4.69) is 51.5 Å². The van der Waals surface area contributed by atoms with Crippen LogP contribution in [0.25, 0.3) is 6.08 Å². The van der Waals surface area contributed by atoms with Crippen molar-refractivity contribution in [3.05, 3.63) is 76.1 Å². The summed E-state index contributed by atoms with van der Waals surface area (Å²) in [7, 11) is 2.88. The van der Waals surface area contributed by atoms with Gasteiger partial charge in [0.1, 0.15) is 13.2 Å². The molecule has 0 bridgehead atoms. The number of carbonyl (C=O) groups is 3. The number of methoxy groups -OCH3 is 2. The van der Waals surface area contributed by atoms with Crippen molar-refractivity contribution in [1.29, 1.82) is 0 Å². The molecule has 5 aliphatic carbocycles. The molecule has 0 aliphatic heterocycles. The van der Waals surface area contributed by atoms with Crippen LogP contribution in [0.15, 0.2) is 70.6 Å². The van der Waals surface area contributed by atoms with Gasteiger partial charge in [0.2, 0.25) is 5.78 Å². The maximum absolute atomic E-state index is 13.9. The van der Waals surface area contributed by atoms with Gasteiger partial charge < -0.3 is 24.1 Å². The molecule has 3 saturated carbocycles. The zero-order valence-corrected chi connectivity index (χ0v) is 30.9. The number of esters is 2. The summed E-state index contributed by atoms with van der Waals surface area (Å²) in [6.07, 6.45) is 15.6. The third kappa shape index (κ3) is 5.54. The largest absolute Gasteiger partial charge is 0.504 e. The van der Waals surface area contributed by atoms with Crippen LogP contribution in [-0.2, 0) is 23.9 Å². The number of fused-ring (bicyclic) bond motifs is 7. The van der Waals surface area contributed by atoms with Gasteiger partial charge in [0, 0.05) is 17.1 Å². The summed E-state index contributed by atoms with van der Waals surface area (Å²) in [6.45, 7) is 13.8. The predicted molar refractivity (Wildman–Crippen MR) is 191 cm³/mol. The first kappa shape index (κ1) is 35.7. The molecule has 0 radical (unpaired) electrons. The lowest BCUT2D eigenvalue weighted by Gasteiger charge is -2.70. The quantitative estimate of drug-likeness (QED) is 0.165. The summed E-state index contributed by atoms with van der Waals surface area (Å²) in [5.41, 5.74) is 3.87. The highest BCUT2D eigenvalue weighted by molar-refractivity contribution is 6.06. The Labute approximate surface area is 296 Å². The number of aliphatic hydroxyl groups is 1. The molecule has 0 saturated heterocycles. The molecule has 3 fully saturated rings. The molecule has 6 rings (SSSR count).